The molecular formula is C7H5Cl2N5O2. The third-order valence-electron chi connectivity index (χ3n) is 1.83. The Bertz CT molecular complexity index is 446. The van der Waals surface area contributed by atoms with E-state index in [0.29, 0.717) is 0 Å². The van der Waals surface area contributed by atoms with Crippen LogP contribution in [0.4, 0.5) is 4.79 Å². The zero-order valence-electron chi connectivity index (χ0n) is 7.78. The van der Waals surface area contributed by atoms with Crippen molar-refractivity contribution in [2.45, 2.75) is 6.54 Å². The van der Waals surface area contributed by atoms with Crippen LogP contribution in [-0.2, 0) is 11.3 Å². The van der Waals surface area contributed by atoms with Crippen LogP contribution in [-0.4, -0.2) is 38.3 Å². The first-order valence-corrected chi connectivity index (χ1v) is 4.95. The fourth-order valence-corrected chi connectivity index (χ4v) is 1.61. The van der Waals surface area contributed by atoms with Crippen molar-refractivity contribution in [1.29, 1.82) is 0 Å². The number of carbonyl (C=O) groups excluding carboxylic acids is 2. The number of nitrogens with zero attached hydrogens (tertiary/aromatic N) is 4. The van der Waals surface area contributed by atoms with Crippen LogP contribution in [0.2, 0.25) is 10.6 Å². The van der Waals surface area contributed by atoms with Gasteiger partial charge < -0.3 is 4.90 Å². The number of halogens is 2. The molecule has 84 valence electrons. The molecule has 1 fully saturated rings. The summed E-state index contributed by atoms with van der Waals surface area (Å²) in [5, 5.41) is 2.02. The van der Waals surface area contributed by atoms with Crippen LogP contribution in [0.1, 0.15) is 5.82 Å². The monoisotopic (exact) mass is 261 g/mol. The molecule has 0 saturated carbocycles. The number of amides is 3. The molecule has 3 amide bonds. The molecule has 0 unspecified atom stereocenters. The fourth-order valence-electron chi connectivity index (χ4n) is 1.22. The number of urea groups is 1. The van der Waals surface area contributed by atoms with Gasteiger partial charge in [0.15, 0.2) is 5.82 Å². The standard InChI is InChI=1S/C7H5Cl2N5O2/c8-5-10-3(11-6(9)13-5)1-14-2-4(15)12-7(14)16/h1-2H2,(H,12,15,16). The van der Waals surface area contributed by atoms with Gasteiger partial charge in [0, 0.05) is 0 Å². The minimum absolute atomic E-state index is 0.0280. The lowest BCUT2D eigenvalue weighted by atomic mass is 10.5. The smallest absolute Gasteiger partial charge is 0.308 e. The normalized spacial score (nSPS) is 15.5. The molecule has 1 aliphatic rings. The maximum atomic E-state index is 11.2. The van der Waals surface area contributed by atoms with E-state index in [2.05, 4.69) is 20.3 Å². The van der Waals surface area contributed by atoms with Crippen LogP contribution in [0, 0.1) is 0 Å². The van der Waals surface area contributed by atoms with Crippen LogP contribution >= 0.6 is 23.2 Å². The Morgan fingerprint density at radius 2 is 1.81 bits per heavy atom. The molecular weight excluding hydrogens is 257 g/mol. The minimum Gasteiger partial charge on any atom is -0.308 e. The number of aromatic nitrogens is 3. The Balaban J connectivity index is 2.15. The Kier molecular flexibility index (Phi) is 2.88. The molecule has 2 rings (SSSR count). The lowest BCUT2D eigenvalue weighted by Gasteiger charge is -2.11. The highest BCUT2D eigenvalue weighted by Crippen LogP contribution is 2.09. The van der Waals surface area contributed by atoms with Gasteiger partial charge in [-0.25, -0.2) is 14.8 Å². The highest BCUT2D eigenvalue weighted by Gasteiger charge is 2.27. The largest absolute Gasteiger partial charge is 0.324 e. The van der Waals surface area contributed by atoms with E-state index in [1.54, 1.807) is 0 Å². The second-order valence-corrected chi connectivity index (χ2v) is 3.68. The average Bonchev–Trinajstić information content (AvgIpc) is 2.43. The van der Waals surface area contributed by atoms with Crippen LogP contribution in [0.25, 0.3) is 0 Å². The maximum absolute atomic E-state index is 11.2. The fraction of sp³-hybridized carbons (Fsp3) is 0.286. The van der Waals surface area contributed by atoms with Crippen molar-refractivity contribution in [2.75, 3.05) is 6.54 Å². The van der Waals surface area contributed by atoms with Crippen molar-refractivity contribution in [2.24, 2.45) is 0 Å². The summed E-state index contributed by atoms with van der Waals surface area (Å²) in [6.07, 6.45) is 0. The summed E-state index contributed by atoms with van der Waals surface area (Å²) in [6.45, 7) is 0.0271. The summed E-state index contributed by atoms with van der Waals surface area (Å²) in [5.41, 5.74) is 0. The van der Waals surface area contributed by atoms with Gasteiger partial charge in [-0.3, -0.25) is 10.1 Å². The van der Waals surface area contributed by atoms with Crippen molar-refractivity contribution in [3.63, 3.8) is 0 Å². The first-order chi connectivity index (χ1) is 7.54. The number of nitrogens with one attached hydrogen (secondary N) is 1. The van der Waals surface area contributed by atoms with Crippen molar-refractivity contribution >= 4 is 35.1 Å². The summed E-state index contributed by atoms with van der Waals surface area (Å²) in [7, 11) is 0. The van der Waals surface area contributed by atoms with Crippen molar-refractivity contribution in [3.05, 3.63) is 16.4 Å². The van der Waals surface area contributed by atoms with Gasteiger partial charge >= 0.3 is 6.03 Å². The zero-order chi connectivity index (χ0) is 11.7. The van der Waals surface area contributed by atoms with Crippen molar-refractivity contribution in [1.82, 2.24) is 25.2 Å². The molecule has 0 radical (unpaired) electrons. The molecule has 0 bridgehead atoms. The molecule has 1 aromatic heterocycles. The van der Waals surface area contributed by atoms with Crippen LogP contribution < -0.4 is 5.32 Å². The van der Waals surface area contributed by atoms with Gasteiger partial charge in [-0.15, -0.1) is 0 Å². The Labute approximate surface area is 99.8 Å². The number of imide groups is 1. The molecule has 0 aliphatic carbocycles. The lowest BCUT2D eigenvalue weighted by molar-refractivity contribution is -0.118. The summed E-state index contributed by atoms with van der Waals surface area (Å²) in [6, 6.07) is -0.488. The molecule has 7 nitrogen and oxygen atoms in total. The third kappa shape index (κ3) is 2.37. The first-order valence-electron chi connectivity index (χ1n) is 4.19. The summed E-state index contributed by atoms with van der Waals surface area (Å²) in [4.78, 5) is 34.5. The molecule has 1 saturated heterocycles. The summed E-state index contributed by atoms with van der Waals surface area (Å²) < 4.78 is 0. The van der Waals surface area contributed by atoms with Crippen molar-refractivity contribution < 1.29 is 9.59 Å². The highest BCUT2D eigenvalue weighted by atomic mass is 35.5. The van der Waals surface area contributed by atoms with Gasteiger partial charge in [-0.1, -0.05) is 0 Å². The van der Waals surface area contributed by atoms with E-state index in [1.807, 2.05) is 0 Å². The molecule has 0 atom stereocenters. The van der Waals surface area contributed by atoms with E-state index in [1.165, 1.54) is 4.90 Å². The number of rotatable bonds is 2. The number of carbonyl (C=O) groups is 2. The molecule has 2 heterocycles. The molecule has 1 N–H and O–H groups in total. The zero-order valence-corrected chi connectivity index (χ0v) is 9.29. The van der Waals surface area contributed by atoms with Crippen LogP contribution in [0.15, 0.2) is 0 Å². The molecule has 0 spiro atoms. The molecule has 1 aliphatic heterocycles. The Morgan fingerprint density at radius 3 is 2.31 bits per heavy atom. The van der Waals surface area contributed by atoms with E-state index in [4.69, 9.17) is 23.2 Å². The van der Waals surface area contributed by atoms with E-state index >= 15 is 0 Å². The average molecular weight is 262 g/mol. The van der Waals surface area contributed by atoms with Gasteiger partial charge in [0.1, 0.15) is 6.54 Å². The van der Waals surface area contributed by atoms with Gasteiger partial charge in [0.05, 0.1) is 6.54 Å². The molecule has 9 heteroatoms. The van der Waals surface area contributed by atoms with Gasteiger partial charge in [-0.05, 0) is 23.2 Å². The summed E-state index contributed by atoms with van der Waals surface area (Å²) in [5.74, 6) is -0.133. The Hall–Kier alpha value is -1.47. The second-order valence-electron chi connectivity index (χ2n) is 3.00. The second kappa shape index (κ2) is 4.18. The van der Waals surface area contributed by atoms with E-state index in [0.717, 1.165) is 0 Å². The van der Waals surface area contributed by atoms with Crippen LogP contribution in [0.3, 0.4) is 0 Å². The minimum atomic E-state index is -0.488. The van der Waals surface area contributed by atoms with Gasteiger partial charge in [0.25, 0.3) is 0 Å². The Morgan fingerprint density at radius 1 is 1.19 bits per heavy atom. The van der Waals surface area contributed by atoms with Crippen LogP contribution in [0.5, 0.6) is 0 Å². The third-order valence-corrected chi connectivity index (χ3v) is 2.17. The quantitative estimate of drug-likeness (QED) is 0.771. The van der Waals surface area contributed by atoms with E-state index in [-0.39, 0.29) is 35.4 Å². The van der Waals surface area contributed by atoms with Gasteiger partial charge in [0.2, 0.25) is 16.5 Å². The first kappa shape index (κ1) is 11.0. The molecule has 1 aromatic rings. The molecule has 16 heavy (non-hydrogen) atoms. The predicted octanol–water partition coefficient (Wildman–Crippen LogP) is 0.230. The van der Waals surface area contributed by atoms with E-state index < -0.39 is 6.03 Å². The van der Waals surface area contributed by atoms with Crippen molar-refractivity contribution in [3.8, 4) is 0 Å². The van der Waals surface area contributed by atoms with E-state index in [9.17, 15) is 9.59 Å². The number of hydrogen-bond acceptors (Lipinski definition) is 5. The maximum Gasteiger partial charge on any atom is 0.324 e. The highest BCUT2D eigenvalue weighted by molar-refractivity contribution is 6.31. The molecule has 0 aromatic carbocycles. The number of hydrogen-bond donors (Lipinski definition) is 1. The summed E-state index contributed by atoms with van der Waals surface area (Å²) >= 11 is 11.1. The SMILES string of the molecule is O=C1CN(Cc2nc(Cl)nc(Cl)n2)C(=O)N1. The van der Waals surface area contributed by atoms with Gasteiger partial charge in [-0.2, -0.15) is 4.98 Å². The topological polar surface area (TPSA) is 88.1 Å². The predicted molar refractivity (Wildman–Crippen MR) is 53.8 cm³/mol. The lowest BCUT2D eigenvalue weighted by Crippen LogP contribution is -2.28.